The van der Waals surface area contributed by atoms with E-state index in [1.807, 2.05) is 11.8 Å². The van der Waals surface area contributed by atoms with Gasteiger partial charge in [0.15, 0.2) is 5.96 Å². The van der Waals surface area contributed by atoms with Gasteiger partial charge in [0.25, 0.3) is 0 Å². The summed E-state index contributed by atoms with van der Waals surface area (Å²) >= 11 is 2.01. The van der Waals surface area contributed by atoms with E-state index in [-0.39, 0.29) is 0 Å². The van der Waals surface area contributed by atoms with Gasteiger partial charge < -0.3 is 15.5 Å². The molecule has 1 aliphatic carbocycles. The highest BCUT2D eigenvalue weighted by atomic mass is 32.2. The third-order valence-corrected chi connectivity index (χ3v) is 6.25. The first kappa shape index (κ1) is 18.9. The minimum absolute atomic E-state index is 0.608. The topological polar surface area (TPSA) is 39.7 Å². The molecule has 5 heteroatoms. The molecule has 0 aromatic heterocycles. The molecule has 2 N–H and O–H groups in total. The number of thioether (sulfide) groups is 1. The molecule has 2 rings (SSSR count). The number of nitrogens with zero attached hydrogens (tertiary/aromatic N) is 2. The Morgan fingerprint density at radius 3 is 2.57 bits per heavy atom. The lowest BCUT2D eigenvalue weighted by Crippen LogP contribution is -2.43. The van der Waals surface area contributed by atoms with Gasteiger partial charge in [0.1, 0.15) is 0 Å². The predicted molar refractivity (Wildman–Crippen MR) is 104 cm³/mol. The van der Waals surface area contributed by atoms with E-state index in [1.54, 1.807) is 0 Å². The molecule has 134 valence electrons. The second-order valence-electron chi connectivity index (χ2n) is 7.02. The SMILES string of the molecule is CCCN1CCC(CN=C(NCC)NC2CCC(SC)C2)CC1. The van der Waals surface area contributed by atoms with E-state index in [4.69, 9.17) is 4.99 Å². The van der Waals surface area contributed by atoms with Crippen molar-refractivity contribution >= 4 is 17.7 Å². The summed E-state index contributed by atoms with van der Waals surface area (Å²) in [5.74, 6) is 1.80. The first-order valence-electron chi connectivity index (χ1n) is 9.55. The molecule has 0 amide bonds. The molecule has 0 spiro atoms. The zero-order valence-electron chi connectivity index (χ0n) is 15.3. The van der Waals surface area contributed by atoms with Gasteiger partial charge in [-0.2, -0.15) is 11.8 Å². The van der Waals surface area contributed by atoms with Crippen molar-refractivity contribution < 1.29 is 0 Å². The average molecular weight is 341 g/mol. The molecule has 1 saturated carbocycles. The number of aliphatic imine (C=N–C) groups is 1. The van der Waals surface area contributed by atoms with Gasteiger partial charge in [0.05, 0.1) is 0 Å². The van der Waals surface area contributed by atoms with Gasteiger partial charge in [-0.1, -0.05) is 6.92 Å². The van der Waals surface area contributed by atoms with Gasteiger partial charge in [-0.15, -0.1) is 0 Å². The standard InChI is InChI=1S/C18H36N4S/c1-4-10-22-11-8-15(9-12-22)14-20-18(19-5-2)21-16-6-7-17(13-16)23-3/h15-17H,4-14H2,1-3H3,(H2,19,20,21). The van der Waals surface area contributed by atoms with Gasteiger partial charge in [0.2, 0.25) is 0 Å². The maximum Gasteiger partial charge on any atom is 0.191 e. The Morgan fingerprint density at radius 2 is 1.96 bits per heavy atom. The summed E-state index contributed by atoms with van der Waals surface area (Å²) in [4.78, 5) is 7.49. The number of hydrogen-bond donors (Lipinski definition) is 2. The van der Waals surface area contributed by atoms with Crippen LogP contribution >= 0.6 is 11.8 Å². The first-order chi connectivity index (χ1) is 11.2. The molecule has 2 unspecified atom stereocenters. The summed E-state index contributed by atoms with van der Waals surface area (Å²) < 4.78 is 0. The predicted octanol–water partition coefficient (Wildman–Crippen LogP) is 2.95. The van der Waals surface area contributed by atoms with Crippen LogP contribution in [0, 0.1) is 5.92 Å². The second kappa shape index (κ2) is 10.4. The van der Waals surface area contributed by atoms with Crippen molar-refractivity contribution in [3.8, 4) is 0 Å². The van der Waals surface area contributed by atoms with Gasteiger partial charge >= 0.3 is 0 Å². The van der Waals surface area contributed by atoms with Crippen LogP contribution < -0.4 is 10.6 Å². The minimum Gasteiger partial charge on any atom is -0.357 e. The van der Waals surface area contributed by atoms with Crippen LogP contribution in [0.25, 0.3) is 0 Å². The third kappa shape index (κ3) is 6.54. The van der Waals surface area contributed by atoms with E-state index in [2.05, 4.69) is 35.6 Å². The third-order valence-electron chi connectivity index (χ3n) is 5.16. The first-order valence-corrected chi connectivity index (χ1v) is 10.8. The number of likely N-dealkylation sites (tertiary alicyclic amines) is 1. The van der Waals surface area contributed by atoms with Crippen LogP contribution in [0.4, 0.5) is 0 Å². The molecular weight excluding hydrogens is 304 g/mol. The number of guanidine groups is 1. The number of nitrogens with one attached hydrogen (secondary N) is 2. The molecule has 2 atom stereocenters. The van der Waals surface area contributed by atoms with Crippen molar-refractivity contribution in [2.75, 3.05) is 39.0 Å². The molecule has 1 aliphatic heterocycles. The zero-order valence-corrected chi connectivity index (χ0v) is 16.1. The molecule has 0 bridgehead atoms. The number of piperidine rings is 1. The van der Waals surface area contributed by atoms with Crippen LogP contribution in [0.2, 0.25) is 0 Å². The van der Waals surface area contributed by atoms with Gasteiger partial charge in [-0.05, 0) is 77.3 Å². The summed E-state index contributed by atoms with van der Waals surface area (Å²) in [5.41, 5.74) is 0. The Bertz CT molecular complexity index is 353. The quantitative estimate of drug-likeness (QED) is 0.552. The van der Waals surface area contributed by atoms with Crippen LogP contribution in [0.1, 0.15) is 52.4 Å². The van der Waals surface area contributed by atoms with Crippen LogP contribution in [0.5, 0.6) is 0 Å². The van der Waals surface area contributed by atoms with Crippen molar-refractivity contribution in [2.24, 2.45) is 10.9 Å². The fourth-order valence-electron chi connectivity index (χ4n) is 3.73. The molecule has 23 heavy (non-hydrogen) atoms. The molecular formula is C18H36N4S. The average Bonchev–Trinajstić information content (AvgIpc) is 3.02. The molecule has 2 aliphatic rings. The minimum atomic E-state index is 0.608. The number of rotatable bonds is 7. The largest absolute Gasteiger partial charge is 0.357 e. The lowest BCUT2D eigenvalue weighted by molar-refractivity contribution is 0.188. The van der Waals surface area contributed by atoms with Gasteiger partial charge in [0, 0.05) is 24.4 Å². The van der Waals surface area contributed by atoms with E-state index < -0.39 is 0 Å². The van der Waals surface area contributed by atoms with Gasteiger partial charge in [-0.3, -0.25) is 4.99 Å². The molecule has 2 fully saturated rings. The highest BCUT2D eigenvalue weighted by Crippen LogP contribution is 2.28. The molecule has 0 radical (unpaired) electrons. The Labute approximate surface area is 147 Å². The summed E-state index contributed by atoms with van der Waals surface area (Å²) in [7, 11) is 0. The fraction of sp³-hybridized carbons (Fsp3) is 0.944. The second-order valence-corrected chi connectivity index (χ2v) is 8.15. The van der Waals surface area contributed by atoms with Crippen molar-refractivity contribution in [3.63, 3.8) is 0 Å². The molecule has 0 aromatic carbocycles. The van der Waals surface area contributed by atoms with E-state index in [1.165, 1.54) is 58.2 Å². The lowest BCUT2D eigenvalue weighted by atomic mass is 9.97. The summed E-state index contributed by atoms with van der Waals surface area (Å²) in [5, 5.41) is 7.93. The molecule has 1 heterocycles. The number of hydrogen-bond acceptors (Lipinski definition) is 3. The van der Waals surface area contributed by atoms with Crippen molar-refractivity contribution in [3.05, 3.63) is 0 Å². The Hall–Kier alpha value is -0.420. The summed E-state index contributed by atoms with van der Waals surface area (Å²) in [6.07, 6.45) is 10.0. The molecule has 1 saturated heterocycles. The highest BCUT2D eigenvalue weighted by molar-refractivity contribution is 7.99. The lowest BCUT2D eigenvalue weighted by Gasteiger charge is -2.31. The summed E-state index contributed by atoms with van der Waals surface area (Å²) in [6.45, 7) is 10.1. The van der Waals surface area contributed by atoms with Gasteiger partial charge in [-0.25, -0.2) is 0 Å². The molecule has 0 aromatic rings. The zero-order chi connectivity index (χ0) is 16.5. The molecule has 4 nitrogen and oxygen atoms in total. The Morgan fingerprint density at radius 1 is 1.17 bits per heavy atom. The monoisotopic (exact) mass is 340 g/mol. The van der Waals surface area contributed by atoms with Crippen molar-refractivity contribution in [2.45, 2.75) is 63.7 Å². The van der Waals surface area contributed by atoms with E-state index >= 15 is 0 Å². The van der Waals surface area contributed by atoms with Crippen LogP contribution in [-0.2, 0) is 0 Å². The van der Waals surface area contributed by atoms with E-state index in [9.17, 15) is 0 Å². The van der Waals surface area contributed by atoms with Crippen LogP contribution in [0.3, 0.4) is 0 Å². The fourth-order valence-corrected chi connectivity index (χ4v) is 4.52. The van der Waals surface area contributed by atoms with Crippen molar-refractivity contribution in [1.82, 2.24) is 15.5 Å². The Balaban J connectivity index is 1.75. The normalized spacial score (nSPS) is 27.3. The van der Waals surface area contributed by atoms with Crippen LogP contribution in [0.15, 0.2) is 4.99 Å². The van der Waals surface area contributed by atoms with Crippen LogP contribution in [-0.4, -0.2) is 61.1 Å². The highest BCUT2D eigenvalue weighted by Gasteiger charge is 2.24. The van der Waals surface area contributed by atoms with E-state index in [0.717, 1.165) is 30.2 Å². The maximum absolute atomic E-state index is 4.89. The smallest absolute Gasteiger partial charge is 0.191 e. The summed E-state index contributed by atoms with van der Waals surface area (Å²) in [6, 6.07) is 0.608. The Kier molecular flexibility index (Phi) is 8.59. The van der Waals surface area contributed by atoms with Crippen molar-refractivity contribution in [1.29, 1.82) is 0 Å². The maximum atomic E-state index is 4.89. The van der Waals surface area contributed by atoms with E-state index in [0.29, 0.717) is 6.04 Å².